The van der Waals surface area contributed by atoms with E-state index in [1.807, 2.05) is 0 Å². The van der Waals surface area contributed by atoms with Gasteiger partial charge in [0.15, 0.2) is 17.7 Å². The first-order chi connectivity index (χ1) is 14.6. The average Bonchev–Trinajstić information content (AvgIpc) is 3.10. The molecule has 1 heterocycles. The SMILES string of the molecule is C#C.N#Cc1ccc(NC(=O)[C@@H](O)CN2CCc3cc(F)c(F)cc32)cc1C(F)(F)F. The van der Waals surface area contributed by atoms with Crippen LogP contribution >= 0.6 is 0 Å². The zero-order chi connectivity index (χ0) is 23.3. The molecule has 1 aliphatic heterocycles. The van der Waals surface area contributed by atoms with Crippen LogP contribution in [0.4, 0.5) is 33.3 Å². The quantitative estimate of drug-likeness (QED) is 0.568. The van der Waals surface area contributed by atoms with E-state index in [0.717, 1.165) is 24.3 Å². The highest BCUT2D eigenvalue weighted by Gasteiger charge is 2.34. The van der Waals surface area contributed by atoms with Crippen molar-refractivity contribution < 1.29 is 31.9 Å². The number of hydrogen-bond acceptors (Lipinski definition) is 4. The molecule has 10 heteroatoms. The molecular formula is C21H16F5N3O2. The largest absolute Gasteiger partial charge is 0.417 e. The van der Waals surface area contributed by atoms with E-state index in [1.54, 1.807) is 0 Å². The number of nitrogens with one attached hydrogen (secondary N) is 1. The molecule has 0 radical (unpaired) electrons. The van der Waals surface area contributed by atoms with Gasteiger partial charge in [-0.05, 0) is 36.2 Å². The van der Waals surface area contributed by atoms with Crippen molar-refractivity contribution in [2.75, 3.05) is 23.3 Å². The minimum absolute atomic E-state index is 0.240. The van der Waals surface area contributed by atoms with Gasteiger partial charge in [0.05, 0.1) is 23.7 Å². The minimum atomic E-state index is -4.79. The van der Waals surface area contributed by atoms with Crippen LogP contribution in [0, 0.1) is 35.8 Å². The van der Waals surface area contributed by atoms with E-state index in [0.29, 0.717) is 30.3 Å². The van der Waals surface area contributed by atoms with E-state index >= 15 is 0 Å². The van der Waals surface area contributed by atoms with Crippen LogP contribution in [0.25, 0.3) is 0 Å². The first-order valence-electron chi connectivity index (χ1n) is 8.76. The van der Waals surface area contributed by atoms with Crippen LogP contribution in [0.1, 0.15) is 16.7 Å². The third-order valence-corrected chi connectivity index (χ3v) is 4.52. The third-order valence-electron chi connectivity index (χ3n) is 4.52. The molecule has 0 bridgehead atoms. The molecule has 1 amide bonds. The third kappa shape index (κ3) is 5.30. The summed E-state index contributed by atoms with van der Waals surface area (Å²) in [6, 6.07) is 6.08. The van der Waals surface area contributed by atoms with Crippen molar-refractivity contribution in [3.63, 3.8) is 0 Å². The standard InChI is InChI=1S/C19H14F5N3O2.C2H2/c20-14-5-10-3-4-27(16(10)7-15(14)21)9-17(28)18(29)26-12-2-1-11(8-25)13(6-12)19(22,23)24;1-2/h1-2,5-7,17,28H,3-4,9H2,(H,26,29);1-2H/t17-;/m0./s1. The van der Waals surface area contributed by atoms with Crippen molar-refractivity contribution in [3.05, 3.63) is 58.7 Å². The fourth-order valence-corrected chi connectivity index (χ4v) is 3.11. The number of aliphatic hydroxyl groups excluding tert-OH is 1. The lowest BCUT2D eigenvalue weighted by molar-refractivity contribution is -0.137. The summed E-state index contributed by atoms with van der Waals surface area (Å²) in [7, 11) is 0. The lowest BCUT2D eigenvalue weighted by atomic mass is 10.1. The Hall–Kier alpha value is -3.63. The van der Waals surface area contributed by atoms with E-state index in [9.17, 15) is 31.9 Å². The summed E-state index contributed by atoms with van der Waals surface area (Å²) in [6.07, 6.45) is 1.97. The second-order valence-corrected chi connectivity index (χ2v) is 6.47. The number of terminal acetylenes is 1. The Labute approximate surface area is 174 Å². The Balaban J connectivity index is 0.00000166. The Morgan fingerprint density at radius 1 is 1.23 bits per heavy atom. The highest BCUT2D eigenvalue weighted by Crippen LogP contribution is 2.34. The second kappa shape index (κ2) is 9.45. The van der Waals surface area contributed by atoms with Crippen LogP contribution < -0.4 is 10.2 Å². The normalized spacial score (nSPS) is 13.5. The number of rotatable bonds is 4. The van der Waals surface area contributed by atoms with Crippen LogP contribution in [-0.4, -0.2) is 30.2 Å². The number of anilines is 2. The molecular weight excluding hydrogens is 421 g/mol. The van der Waals surface area contributed by atoms with Gasteiger partial charge >= 0.3 is 6.18 Å². The highest BCUT2D eigenvalue weighted by atomic mass is 19.4. The number of hydrogen-bond donors (Lipinski definition) is 2. The topological polar surface area (TPSA) is 76.4 Å². The van der Waals surface area contributed by atoms with E-state index in [-0.39, 0.29) is 12.2 Å². The van der Waals surface area contributed by atoms with Crippen molar-refractivity contribution >= 4 is 17.3 Å². The maximum absolute atomic E-state index is 13.5. The van der Waals surface area contributed by atoms with E-state index < -0.39 is 40.9 Å². The van der Waals surface area contributed by atoms with Crippen molar-refractivity contribution in [1.82, 2.24) is 0 Å². The maximum atomic E-state index is 13.5. The number of alkyl halides is 3. The molecule has 31 heavy (non-hydrogen) atoms. The molecule has 3 rings (SSSR count). The van der Waals surface area contributed by atoms with Crippen molar-refractivity contribution in [1.29, 1.82) is 5.26 Å². The summed E-state index contributed by atoms with van der Waals surface area (Å²) in [5.41, 5.74) is -1.18. The number of benzene rings is 2. The number of carbonyl (C=O) groups is 1. The number of nitriles is 1. The molecule has 0 fully saturated rings. The Bertz CT molecular complexity index is 1040. The number of halogens is 5. The maximum Gasteiger partial charge on any atom is 0.417 e. The fraction of sp³-hybridized carbons (Fsp3) is 0.238. The van der Waals surface area contributed by atoms with Gasteiger partial charge in [0.1, 0.15) is 0 Å². The van der Waals surface area contributed by atoms with E-state index in [4.69, 9.17) is 5.26 Å². The second-order valence-electron chi connectivity index (χ2n) is 6.47. The van der Waals surface area contributed by atoms with E-state index in [2.05, 4.69) is 18.2 Å². The molecule has 1 atom stereocenters. The summed E-state index contributed by atoms with van der Waals surface area (Å²) in [4.78, 5) is 13.7. The zero-order valence-electron chi connectivity index (χ0n) is 15.9. The van der Waals surface area contributed by atoms with Gasteiger partial charge in [-0.25, -0.2) is 8.78 Å². The summed E-state index contributed by atoms with van der Waals surface area (Å²) in [5, 5.41) is 21.1. The molecule has 1 aliphatic rings. The van der Waals surface area contributed by atoms with Gasteiger partial charge in [-0.2, -0.15) is 18.4 Å². The highest BCUT2D eigenvalue weighted by molar-refractivity contribution is 5.94. The lowest BCUT2D eigenvalue weighted by Gasteiger charge is -2.22. The van der Waals surface area contributed by atoms with Gasteiger partial charge in [0.2, 0.25) is 0 Å². The molecule has 0 saturated heterocycles. The molecule has 0 aliphatic carbocycles. The number of nitrogens with zero attached hydrogens (tertiary/aromatic N) is 2. The molecule has 2 aromatic rings. The fourth-order valence-electron chi connectivity index (χ4n) is 3.11. The Morgan fingerprint density at radius 2 is 1.87 bits per heavy atom. The predicted molar refractivity (Wildman–Crippen MR) is 103 cm³/mol. The van der Waals surface area contributed by atoms with Crippen LogP contribution in [0.2, 0.25) is 0 Å². The molecule has 162 valence electrons. The summed E-state index contributed by atoms with van der Waals surface area (Å²) < 4.78 is 65.8. The Kier molecular flexibility index (Phi) is 7.21. The number of carbonyl (C=O) groups excluding carboxylic acids is 1. The average molecular weight is 437 g/mol. The first kappa shape index (κ1) is 23.6. The molecule has 5 nitrogen and oxygen atoms in total. The summed E-state index contributed by atoms with van der Waals surface area (Å²) in [6.45, 7) is 0.0595. The number of β-amino-alcohol motifs (C(OH)–C–C–N with tert-alkyl or cyclic N) is 1. The Morgan fingerprint density at radius 3 is 2.48 bits per heavy atom. The van der Waals surface area contributed by atoms with Crippen molar-refractivity contribution in [3.8, 4) is 18.9 Å². The minimum Gasteiger partial charge on any atom is -0.381 e. The summed E-state index contributed by atoms with van der Waals surface area (Å²) in [5.74, 6) is -3.03. The van der Waals surface area contributed by atoms with Crippen LogP contribution in [0.15, 0.2) is 30.3 Å². The van der Waals surface area contributed by atoms with Gasteiger partial charge in [0.25, 0.3) is 5.91 Å². The molecule has 0 aromatic heterocycles. The predicted octanol–water partition coefficient (Wildman–Crippen LogP) is 3.47. The van der Waals surface area contributed by atoms with Crippen molar-refractivity contribution in [2.45, 2.75) is 18.7 Å². The molecule has 2 N–H and O–H groups in total. The molecule has 0 saturated carbocycles. The number of fused-ring (bicyclic) bond motifs is 1. The van der Waals surface area contributed by atoms with Crippen LogP contribution in [0.3, 0.4) is 0 Å². The zero-order valence-corrected chi connectivity index (χ0v) is 15.9. The van der Waals surface area contributed by atoms with Gasteiger partial charge in [-0.15, -0.1) is 12.8 Å². The monoisotopic (exact) mass is 437 g/mol. The van der Waals surface area contributed by atoms with Gasteiger partial charge < -0.3 is 15.3 Å². The van der Waals surface area contributed by atoms with Crippen LogP contribution in [-0.2, 0) is 17.4 Å². The number of aliphatic hydroxyl groups is 1. The first-order valence-corrected chi connectivity index (χ1v) is 8.76. The van der Waals surface area contributed by atoms with E-state index in [1.165, 1.54) is 11.0 Å². The van der Waals surface area contributed by atoms with Gasteiger partial charge in [0, 0.05) is 24.0 Å². The number of amides is 1. The van der Waals surface area contributed by atoms with Gasteiger partial charge in [-0.1, -0.05) is 0 Å². The lowest BCUT2D eigenvalue weighted by Crippen LogP contribution is -2.39. The molecule has 0 unspecified atom stereocenters. The van der Waals surface area contributed by atoms with Crippen LogP contribution in [0.5, 0.6) is 0 Å². The molecule has 2 aromatic carbocycles. The van der Waals surface area contributed by atoms with Gasteiger partial charge in [-0.3, -0.25) is 4.79 Å². The van der Waals surface area contributed by atoms with Crippen molar-refractivity contribution in [2.24, 2.45) is 0 Å². The smallest absolute Gasteiger partial charge is 0.381 e. The summed E-state index contributed by atoms with van der Waals surface area (Å²) >= 11 is 0. The molecule has 0 spiro atoms.